The van der Waals surface area contributed by atoms with Crippen molar-refractivity contribution < 1.29 is 13.2 Å². The fourth-order valence-corrected chi connectivity index (χ4v) is 5.48. The third-order valence-electron chi connectivity index (χ3n) is 5.38. The van der Waals surface area contributed by atoms with Gasteiger partial charge in [-0.05, 0) is 42.8 Å². The number of rotatable bonds is 7. The maximum Gasteiger partial charge on any atom is 0.264 e. The van der Waals surface area contributed by atoms with Gasteiger partial charge in [0.2, 0.25) is 5.91 Å². The summed E-state index contributed by atoms with van der Waals surface area (Å²) in [5.74, 6) is -0.528. The number of carbonyl (C=O) groups is 1. The van der Waals surface area contributed by atoms with Gasteiger partial charge >= 0.3 is 0 Å². The van der Waals surface area contributed by atoms with Crippen LogP contribution >= 0.6 is 23.2 Å². The molecule has 5 nitrogen and oxygen atoms in total. The fourth-order valence-electron chi connectivity index (χ4n) is 3.60. The van der Waals surface area contributed by atoms with Crippen molar-refractivity contribution >= 4 is 50.5 Å². The Morgan fingerprint density at radius 2 is 1.49 bits per heavy atom. The first kappa shape index (κ1) is 24.8. The number of hydrogen-bond donors (Lipinski definition) is 1. The smallest absolute Gasteiger partial charge is 0.264 e. The summed E-state index contributed by atoms with van der Waals surface area (Å²) < 4.78 is 28.2. The predicted octanol–water partition coefficient (Wildman–Crippen LogP) is 6.80. The van der Waals surface area contributed by atoms with Gasteiger partial charge in [0.15, 0.2) is 0 Å². The third kappa shape index (κ3) is 5.51. The normalized spacial score (nSPS) is 11.2. The Hall–Kier alpha value is -3.32. The average Bonchev–Trinajstić information content (AvgIpc) is 2.85. The maximum absolute atomic E-state index is 13.6. The number of sulfonamides is 1. The van der Waals surface area contributed by atoms with Crippen LogP contribution in [0.15, 0.2) is 102 Å². The summed E-state index contributed by atoms with van der Waals surface area (Å²) >= 11 is 12.6. The van der Waals surface area contributed by atoms with Crippen molar-refractivity contribution in [2.75, 3.05) is 16.2 Å². The molecule has 4 aromatic rings. The van der Waals surface area contributed by atoms with Crippen molar-refractivity contribution in [3.8, 4) is 11.1 Å². The van der Waals surface area contributed by atoms with Crippen LogP contribution in [-0.2, 0) is 14.8 Å². The molecule has 0 bridgehead atoms. The van der Waals surface area contributed by atoms with E-state index in [1.165, 1.54) is 18.2 Å². The van der Waals surface area contributed by atoms with Gasteiger partial charge in [0.1, 0.15) is 6.54 Å². The predicted molar refractivity (Wildman–Crippen MR) is 143 cm³/mol. The maximum atomic E-state index is 13.6. The van der Waals surface area contributed by atoms with Gasteiger partial charge in [0.05, 0.1) is 20.6 Å². The number of anilines is 2. The molecule has 178 valence electrons. The van der Waals surface area contributed by atoms with Crippen LogP contribution in [-0.4, -0.2) is 20.9 Å². The SMILES string of the molecule is Cc1ccc(S(=O)(=O)N(CC(=O)Nc2ccccc2-c2ccccc2)c2cccc(Cl)c2Cl)cc1. The van der Waals surface area contributed by atoms with E-state index in [0.717, 1.165) is 21.0 Å². The Bertz CT molecular complexity index is 1460. The second-order valence-corrected chi connectivity index (χ2v) is 10.5. The molecule has 0 spiro atoms. The van der Waals surface area contributed by atoms with Crippen molar-refractivity contribution in [3.05, 3.63) is 113 Å². The summed E-state index contributed by atoms with van der Waals surface area (Å²) in [6, 6.07) is 28.0. The number of carbonyl (C=O) groups excluding carboxylic acids is 1. The molecule has 0 aliphatic carbocycles. The van der Waals surface area contributed by atoms with Crippen LogP contribution in [0.5, 0.6) is 0 Å². The number of benzene rings is 4. The quantitative estimate of drug-likeness (QED) is 0.289. The van der Waals surface area contributed by atoms with E-state index in [1.807, 2.05) is 49.4 Å². The minimum atomic E-state index is -4.13. The molecule has 0 saturated carbocycles. The molecule has 0 heterocycles. The van der Waals surface area contributed by atoms with Gasteiger partial charge < -0.3 is 5.32 Å². The monoisotopic (exact) mass is 524 g/mol. The highest BCUT2D eigenvalue weighted by Gasteiger charge is 2.29. The Balaban J connectivity index is 1.70. The minimum absolute atomic E-state index is 0.0385. The van der Waals surface area contributed by atoms with E-state index in [4.69, 9.17) is 23.2 Å². The van der Waals surface area contributed by atoms with Gasteiger partial charge in [-0.15, -0.1) is 0 Å². The van der Waals surface area contributed by atoms with Crippen molar-refractivity contribution in [3.63, 3.8) is 0 Å². The molecule has 0 atom stereocenters. The number of nitrogens with one attached hydrogen (secondary N) is 1. The molecule has 8 heteroatoms. The van der Waals surface area contributed by atoms with Crippen molar-refractivity contribution in [2.45, 2.75) is 11.8 Å². The summed E-state index contributed by atoms with van der Waals surface area (Å²) in [5, 5.41) is 3.08. The van der Waals surface area contributed by atoms with E-state index in [-0.39, 0.29) is 20.6 Å². The number of nitrogens with zero attached hydrogens (tertiary/aromatic N) is 1. The van der Waals surface area contributed by atoms with Gasteiger partial charge in [-0.2, -0.15) is 0 Å². The van der Waals surface area contributed by atoms with Crippen molar-refractivity contribution in [1.82, 2.24) is 0 Å². The fraction of sp³-hybridized carbons (Fsp3) is 0.0741. The number of amides is 1. The summed E-state index contributed by atoms with van der Waals surface area (Å²) in [5.41, 5.74) is 3.33. The molecular weight excluding hydrogens is 503 g/mol. The van der Waals surface area contributed by atoms with E-state index in [2.05, 4.69) is 5.32 Å². The van der Waals surface area contributed by atoms with Gasteiger partial charge in [-0.3, -0.25) is 9.10 Å². The van der Waals surface area contributed by atoms with Crippen LogP contribution in [0.3, 0.4) is 0 Å². The lowest BCUT2D eigenvalue weighted by Gasteiger charge is -2.25. The van der Waals surface area contributed by atoms with E-state index in [9.17, 15) is 13.2 Å². The molecule has 0 aliphatic rings. The van der Waals surface area contributed by atoms with Crippen LogP contribution in [0, 0.1) is 6.92 Å². The third-order valence-corrected chi connectivity index (χ3v) is 7.96. The van der Waals surface area contributed by atoms with Crippen molar-refractivity contribution in [1.29, 1.82) is 0 Å². The van der Waals surface area contributed by atoms with Gasteiger partial charge in [-0.1, -0.05) is 95.5 Å². The lowest BCUT2D eigenvalue weighted by atomic mass is 10.0. The Labute approximate surface area is 215 Å². The van der Waals surface area contributed by atoms with Crippen LogP contribution in [0.1, 0.15) is 5.56 Å². The summed E-state index contributed by atoms with van der Waals surface area (Å²) in [6.07, 6.45) is 0. The van der Waals surface area contributed by atoms with E-state index in [0.29, 0.717) is 5.69 Å². The molecule has 0 aliphatic heterocycles. The van der Waals surface area contributed by atoms with Crippen molar-refractivity contribution in [2.24, 2.45) is 0 Å². The minimum Gasteiger partial charge on any atom is -0.324 e. The summed E-state index contributed by atoms with van der Waals surface area (Å²) in [7, 11) is -4.13. The Morgan fingerprint density at radius 3 is 2.20 bits per heavy atom. The molecule has 1 N–H and O–H groups in total. The number of hydrogen-bond acceptors (Lipinski definition) is 3. The molecule has 1 amide bonds. The number of halogens is 2. The molecule has 0 saturated heterocycles. The van der Waals surface area contributed by atoms with Crippen LogP contribution in [0.2, 0.25) is 10.0 Å². The molecule has 4 rings (SSSR count). The van der Waals surface area contributed by atoms with E-state index >= 15 is 0 Å². The summed E-state index contributed by atoms with van der Waals surface area (Å²) in [6.45, 7) is 1.36. The zero-order valence-corrected chi connectivity index (χ0v) is 21.1. The first-order valence-corrected chi connectivity index (χ1v) is 12.9. The molecule has 35 heavy (non-hydrogen) atoms. The van der Waals surface area contributed by atoms with Crippen LogP contribution in [0.4, 0.5) is 11.4 Å². The van der Waals surface area contributed by atoms with E-state index in [1.54, 1.807) is 36.4 Å². The second kappa shape index (κ2) is 10.5. The molecular formula is C27H22Cl2N2O3S. The largest absolute Gasteiger partial charge is 0.324 e. The lowest BCUT2D eigenvalue weighted by Crippen LogP contribution is -2.38. The topological polar surface area (TPSA) is 66.5 Å². The summed E-state index contributed by atoms with van der Waals surface area (Å²) in [4.78, 5) is 13.3. The molecule has 4 aromatic carbocycles. The molecule has 0 unspecified atom stereocenters. The Morgan fingerprint density at radius 1 is 0.829 bits per heavy atom. The highest BCUT2D eigenvalue weighted by Crippen LogP contribution is 2.35. The number of aryl methyl sites for hydroxylation is 1. The highest BCUT2D eigenvalue weighted by atomic mass is 35.5. The van der Waals surface area contributed by atoms with Gasteiger partial charge in [-0.25, -0.2) is 8.42 Å². The average molecular weight is 525 g/mol. The molecule has 0 radical (unpaired) electrons. The zero-order chi connectivity index (χ0) is 25.0. The van der Waals surface area contributed by atoms with Crippen LogP contribution in [0.25, 0.3) is 11.1 Å². The standard InChI is InChI=1S/C27H22Cl2N2O3S/c1-19-14-16-21(17-15-19)35(33,34)31(25-13-7-11-23(28)27(25)29)18-26(32)30-24-12-6-5-10-22(24)20-8-3-2-4-9-20/h2-17H,18H2,1H3,(H,30,32). The lowest BCUT2D eigenvalue weighted by molar-refractivity contribution is -0.114. The zero-order valence-electron chi connectivity index (χ0n) is 18.8. The first-order chi connectivity index (χ1) is 16.8. The van der Waals surface area contributed by atoms with Crippen LogP contribution < -0.4 is 9.62 Å². The van der Waals surface area contributed by atoms with Gasteiger partial charge in [0.25, 0.3) is 10.0 Å². The van der Waals surface area contributed by atoms with Gasteiger partial charge in [0, 0.05) is 11.3 Å². The van der Waals surface area contributed by atoms with E-state index < -0.39 is 22.5 Å². The number of para-hydroxylation sites is 1. The Kier molecular flexibility index (Phi) is 7.45. The molecule has 0 aromatic heterocycles. The second-order valence-electron chi connectivity index (χ2n) is 7.86. The highest BCUT2D eigenvalue weighted by molar-refractivity contribution is 7.92. The molecule has 0 fully saturated rings. The first-order valence-electron chi connectivity index (χ1n) is 10.7.